The first kappa shape index (κ1) is 10.4. The summed E-state index contributed by atoms with van der Waals surface area (Å²) >= 11 is 3.45. The standard InChI is InChI=1S/C7H15BrO2/c1-4-6(8)7(9-3)10-5-2/h6-7H,4-5H2,1-3H3/t6-,7-/m1/s1. The van der Waals surface area contributed by atoms with Gasteiger partial charge >= 0.3 is 0 Å². The molecule has 0 spiro atoms. The topological polar surface area (TPSA) is 18.5 Å². The molecule has 0 amide bonds. The van der Waals surface area contributed by atoms with Crippen LogP contribution in [0.4, 0.5) is 0 Å². The van der Waals surface area contributed by atoms with E-state index in [2.05, 4.69) is 22.9 Å². The lowest BCUT2D eigenvalue weighted by atomic mass is 10.3. The van der Waals surface area contributed by atoms with Gasteiger partial charge in [-0.25, -0.2) is 0 Å². The van der Waals surface area contributed by atoms with E-state index < -0.39 is 0 Å². The van der Waals surface area contributed by atoms with Crippen molar-refractivity contribution in [2.24, 2.45) is 0 Å². The number of hydrogen-bond acceptors (Lipinski definition) is 2. The second-order valence-electron chi connectivity index (χ2n) is 1.98. The van der Waals surface area contributed by atoms with Crippen LogP contribution in [-0.4, -0.2) is 24.8 Å². The molecule has 0 unspecified atom stereocenters. The summed E-state index contributed by atoms with van der Waals surface area (Å²) in [5, 5.41) is 0. The number of hydrogen-bond donors (Lipinski definition) is 0. The Morgan fingerprint density at radius 2 is 2.00 bits per heavy atom. The molecular weight excluding hydrogens is 196 g/mol. The van der Waals surface area contributed by atoms with Gasteiger partial charge in [-0.15, -0.1) is 0 Å². The first-order chi connectivity index (χ1) is 4.76. The van der Waals surface area contributed by atoms with E-state index in [0.29, 0.717) is 11.4 Å². The zero-order chi connectivity index (χ0) is 7.98. The van der Waals surface area contributed by atoms with E-state index in [-0.39, 0.29) is 6.29 Å². The van der Waals surface area contributed by atoms with E-state index in [1.807, 2.05) is 6.92 Å². The third kappa shape index (κ3) is 3.54. The quantitative estimate of drug-likeness (QED) is 0.512. The van der Waals surface area contributed by atoms with Crippen LogP contribution < -0.4 is 0 Å². The number of methoxy groups -OCH3 is 1. The second-order valence-corrected chi connectivity index (χ2v) is 3.16. The predicted molar refractivity (Wildman–Crippen MR) is 45.4 cm³/mol. The molecule has 0 N–H and O–H groups in total. The van der Waals surface area contributed by atoms with Crippen LogP contribution in [-0.2, 0) is 9.47 Å². The molecule has 0 fully saturated rings. The van der Waals surface area contributed by atoms with Crippen molar-refractivity contribution >= 4 is 15.9 Å². The highest BCUT2D eigenvalue weighted by Gasteiger charge is 2.15. The van der Waals surface area contributed by atoms with Crippen LogP contribution in [0.1, 0.15) is 20.3 Å². The third-order valence-electron chi connectivity index (χ3n) is 1.25. The number of alkyl halides is 1. The molecule has 0 aliphatic heterocycles. The van der Waals surface area contributed by atoms with Crippen LogP contribution in [0.5, 0.6) is 0 Å². The summed E-state index contributed by atoms with van der Waals surface area (Å²) in [6.07, 6.45) is 0.911. The van der Waals surface area contributed by atoms with E-state index >= 15 is 0 Å². The lowest BCUT2D eigenvalue weighted by Gasteiger charge is -2.19. The number of halogens is 1. The Labute approximate surface area is 71.0 Å². The van der Waals surface area contributed by atoms with Gasteiger partial charge in [-0.2, -0.15) is 0 Å². The largest absolute Gasteiger partial charge is 0.355 e. The van der Waals surface area contributed by atoms with Crippen molar-refractivity contribution in [2.45, 2.75) is 31.4 Å². The fourth-order valence-corrected chi connectivity index (χ4v) is 1.05. The van der Waals surface area contributed by atoms with E-state index in [1.54, 1.807) is 7.11 Å². The zero-order valence-electron chi connectivity index (χ0n) is 6.76. The Morgan fingerprint density at radius 1 is 1.40 bits per heavy atom. The van der Waals surface area contributed by atoms with Crippen molar-refractivity contribution in [3.63, 3.8) is 0 Å². The second kappa shape index (κ2) is 6.13. The monoisotopic (exact) mass is 210 g/mol. The van der Waals surface area contributed by atoms with Crippen molar-refractivity contribution < 1.29 is 9.47 Å². The summed E-state index contributed by atoms with van der Waals surface area (Å²) in [6, 6.07) is 0. The maximum atomic E-state index is 5.27. The third-order valence-corrected chi connectivity index (χ3v) is 2.33. The fraction of sp³-hybridized carbons (Fsp3) is 1.00. The molecule has 0 aliphatic rings. The highest BCUT2D eigenvalue weighted by Crippen LogP contribution is 2.13. The predicted octanol–water partition coefficient (Wildman–Crippen LogP) is 2.17. The molecule has 3 heteroatoms. The van der Waals surface area contributed by atoms with Crippen LogP contribution in [0.25, 0.3) is 0 Å². The highest BCUT2D eigenvalue weighted by molar-refractivity contribution is 9.09. The molecule has 0 aromatic carbocycles. The Kier molecular flexibility index (Phi) is 6.38. The first-order valence-corrected chi connectivity index (χ1v) is 4.46. The smallest absolute Gasteiger partial charge is 0.169 e. The molecule has 0 saturated carbocycles. The fourth-order valence-electron chi connectivity index (χ4n) is 0.677. The maximum Gasteiger partial charge on any atom is 0.169 e. The highest BCUT2D eigenvalue weighted by atomic mass is 79.9. The molecule has 62 valence electrons. The minimum Gasteiger partial charge on any atom is -0.355 e. The van der Waals surface area contributed by atoms with E-state index in [0.717, 1.165) is 6.42 Å². The minimum absolute atomic E-state index is 0.102. The summed E-state index contributed by atoms with van der Waals surface area (Å²) in [7, 11) is 1.66. The summed E-state index contributed by atoms with van der Waals surface area (Å²) in [4.78, 5) is 0.303. The van der Waals surface area contributed by atoms with Crippen molar-refractivity contribution in [2.75, 3.05) is 13.7 Å². The molecule has 10 heavy (non-hydrogen) atoms. The van der Waals surface area contributed by atoms with Gasteiger partial charge in [0.1, 0.15) is 0 Å². The zero-order valence-corrected chi connectivity index (χ0v) is 8.35. The summed E-state index contributed by atoms with van der Waals surface area (Å²) in [5.74, 6) is 0. The van der Waals surface area contributed by atoms with E-state index in [9.17, 15) is 0 Å². The van der Waals surface area contributed by atoms with Gasteiger partial charge in [-0.3, -0.25) is 0 Å². The van der Waals surface area contributed by atoms with Gasteiger partial charge in [0.2, 0.25) is 0 Å². The molecule has 0 aromatic rings. The Balaban J connectivity index is 3.56. The van der Waals surface area contributed by atoms with Gasteiger partial charge in [0, 0.05) is 13.7 Å². The normalized spacial score (nSPS) is 16.8. The summed E-state index contributed by atoms with van der Waals surface area (Å²) < 4.78 is 10.3. The van der Waals surface area contributed by atoms with Crippen molar-refractivity contribution in [1.82, 2.24) is 0 Å². The van der Waals surface area contributed by atoms with Crippen molar-refractivity contribution in [1.29, 1.82) is 0 Å². The van der Waals surface area contributed by atoms with Gasteiger partial charge in [-0.05, 0) is 13.3 Å². The molecular formula is C7H15BrO2. The lowest BCUT2D eigenvalue weighted by molar-refractivity contribution is -0.118. The van der Waals surface area contributed by atoms with Gasteiger partial charge in [0.05, 0.1) is 4.83 Å². The van der Waals surface area contributed by atoms with Crippen LogP contribution >= 0.6 is 15.9 Å². The van der Waals surface area contributed by atoms with Crippen molar-refractivity contribution in [3.8, 4) is 0 Å². The molecule has 0 aliphatic carbocycles. The number of ether oxygens (including phenoxy) is 2. The SMILES string of the molecule is CCO[C@@H](OC)[C@H](Br)CC. The molecule has 0 heterocycles. The molecule has 0 aromatic heterocycles. The Hall–Kier alpha value is 0.400. The molecule has 0 bridgehead atoms. The van der Waals surface area contributed by atoms with Crippen LogP contribution in [0.2, 0.25) is 0 Å². The summed E-state index contributed by atoms with van der Waals surface area (Å²) in [5.41, 5.74) is 0. The van der Waals surface area contributed by atoms with Gasteiger partial charge in [-0.1, -0.05) is 22.9 Å². The van der Waals surface area contributed by atoms with Crippen LogP contribution in [0.15, 0.2) is 0 Å². The van der Waals surface area contributed by atoms with Crippen LogP contribution in [0.3, 0.4) is 0 Å². The molecule has 2 atom stereocenters. The maximum absolute atomic E-state index is 5.27. The average Bonchev–Trinajstić information content (AvgIpc) is 1.99. The van der Waals surface area contributed by atoms with Gasteiger partial charge < -0.3 is 9.47 Å². The van der Waals surface area contributed by atoms with Gasteiger partial charge in [0.15, 0.2) is 6.29 Å². The van der Waals surface area contributed by atoms with E-state index in [1.165, 1.54) is 0 Å². The first-order valence-electron chi connectivity index (χ1n) is 3.54. The Bertz CT molecular complexity index is 78.0. The molecule has 0 saturated heterocycles. The number of rotatable bonds is 5. The van der Waals surface area contributed by atoms with E-state index in [4.69, 9.17) is 9.47 Å². The lowest BCUT2D eigenvalue weighted by Crippen LogP contribution is -2.25. The van der Waals surface area contributed by atoms with Crippen LogP contribution in [0, 0.1) is 0 Å². The van der Waals surface area contributed by atoms with Crippen molar-refractivity contribution in [3.05, 3.63) is 0 Å². The summed E-state index contributed by atoms with van der Waals surface area (Å²) in [6.45, 7) is 4.74. The van der Waals surface area contributed by atoms with Gasteiger partial charge in [0.25, 0.3) is 0 Å². The molecule has 0 radical (unpaired) electrons. The molecule has 0 rings (SSSR count). The average molecular weight is 211 g/mol. The molecule has 2 nitrogen and oxygen atoms in total. The minimum atomic E-state index is -0.102. The Morgan fingerprint density at radius 3 is 2.30 bits per heavy atom.